The van der Waals surface area contributed by atoms with Gasteiger partial charge in [-0.05, 0) is 71.4 Å². The molecule has 1 fully saturated rings. The van der Waals surface area contributed by atoms with E-state index in [2.05, 4.69) is 62.9 Å². The zero-order chi connectivity index (χ0) is 41.9. The highest BCUT2D eigenvalue weighted by atomic mass is 28.3. The maximum absolute atomic E-state index is 15.8. The van der Waals surface area contributed by atoms with Crippen LogP contribution < -0.4 is 4.74 Å². The van der Waals surface area contributed by atoms with Crippen LogP contribution in [0.2, 0.25) is 51.4 Å². The molecule has 4 heterocycles. The van der Waals surface area contributed by atoms with Crippen LogP contribution in [-0.4, -0.2) is 77.6 Å². The molecule has 0 spiro atoms. The van der Waals surface area contributed by atoms with Crippen LogP contribution in [0.4, 0.5) is 9.18 Å². The maximum atomic E-state index is 15.8. The molecule has 1 unspecified atom stereocenters. The van der Waals surface area contributed by atoms with E-state index in [0.717, 1.165) is 56.6 Å². The fourth-order valence-electron chi connectivity index (χ4n) is 7.62. The molecule has 2 aliphatic heterocycles. The lowest BCUT2D eigenvalue weighted by Crippen LogP contribution is -2.39. The van der Waals surface area contributed by atoms with Crippen molar-refractivity contribution in [3.8, 4) is 34.5 Å². The van der Waals surface area contributed by atoms with Crippen molar-refractivity contribution in [2.24, 2.45) is 5.92 Å². The molecule has 2 aromatic heterocycles. The smallest absolute Gasteiger partial charge is 0.320 e. The van der Waals surface area contributed by atoms with Gasteiger partial charge in [0, 0.05) is 47.8 Å². The molecule has 1 atom stereocenters. The van der Waals surface area contributed by atoms with Crippen molar-refractivity contribution < 1.29 is 23.4 Å². The molecule has 312 valence electrons. The van der Waals surface area contributed by atoms with Crippen molar-refractivity contribution in [1.82, 2.24) is 29.1 Å². The summed E-state index contributed by atoms with van der Waals surface area (Å²) in [4.78, 5) is 22.4. The van der Waals surface area contributed by atoms with Gasteiger partial charge in [-0.1, -0.05) is 82.6 Å². The molecule has 0 bridgehead atoms. The summed E-state index contributed by atoms with van der Waals surface area (Å²) < 4.78 is 38.4. The summed E-state index contributed by atoms with van der Waals surface area (Å²) in [6, 6.07) is 23.6. The third-order valence-electron chi connectivity index (χ3n) is 11.2. The minimum absolute atomic E-state index is 0.0649. The summed E-state index contributed by atoms with van der Waals surface area (Å²) in [5.41, 5.74) is 6.92. The minimum atomic E-state index is -1.34. The van der Waals surface area contributed by atoms with E-state index >= 15 is 4.39 Å². The molecule has 0 radical (unpaired) electrons. The number of benzene rings is 3. The van der Waals surface area contributed by atoms with Crippen molar-refractivity contribution >= 4 is 33.1 Å². The number of nitrogens with zero attached hydrogens (tertiary/aromatic N) is 7. The SMILES string of the molecule is CCc1cc(OCc2ccccc2)c(F)cc1-c1ccc2c(-c3nc4c(n3COCC[Si](C)(C)C)CN(C(=O)N3CCC(C#N)C3)C4)nn(COCC[Si](C)(C)C)c2c1. The Labute approximate surface area is 349 Å². The number of amides is 2. The zero-order valence-electron chi connectivity index (χ0n) is 35.7. The van der Waals surface area contributed by atoms with Gasteiger partial charge in [-0.15, -0.1) is 0 Å². The van der Waals surface area contributed by atoms with E-state index < -0.39 is 22.0 Å². The third-order valence-corrected chi connectivity index (χ3v) is 14.6. The molecule has 2 amide bonds. The van der Waals surface area contributed by atoms with E-state index in [4.69, 9.17) is 24.3 Å². The summed E-state index contributed by atoms with van der Waals surface area (Å²) in [6.07, 6.45) is 1.39. The highest BCUT2D eigenvalue weighted by Crippen LogP contribution is 2.37. The number of halogens is 1. The Hall–Kier alpha value is -4.82. The number of hydrogen-bond acceptors (Lipinski definition) is 7. The van der Waals surface area contributed by atoms with Crippen LogP contribution in [0.1, 0.15) is 35.9 Å². The van der Waals surface area contributed by atoms with E-state index in [1.165, 1.54) is 0 Å². The van der Waals surface area contributed by atoms with Gasteiger partial charge >= 0.3 is 6.03 Å². The lowest BCUT2D eigenvalue weighted by atomic mass is 9.96. The van der Waals surface area contributed by atoms with Crippen molar-refractivity contribution in [3.63, 3.8) is 0 Å². The number of carbonyl (C=O) groups is 1. The van der Waals surface area contributed by atoms with Gasteiger partial charge in [0.1, 0.15) is 25.8 Å². The monoisotopic (exact) mass is 835 g/mol. The summed E-state index contributed by atoms with van der Waals surface area (Å²) in [5.74, 6) is 0.374. The molecule has 59 heavy (non-hydrogen) atoms. The van der Waals surface area contributed by atoms with Crippen LogP contribution in [0.25, 0.3) is 33.5 Å². The van der Waals surface area contributed by atoms with Crippen LogP contribution in [0.5, 0.6) is 5.75 Å². The largest absolute Gasteiger partial charge is 0.486 e. The topological polar surface area (TPSA) is 111 Å². The number of carbonyl (C=O) groups excluding carboxylic acids is 1. The number of likely N-dealkylation sites (tertiary alicyclic amines) is 1. The van der Waals surface area contributed by atoms with Gasteiger partial charge in [-0.3, -0.25) is 0 Å². The number of aromatic nitrogens is 4. The van der Waals surface area contributed by atoms with Crippen molar-refractivity contribution in [2.75, 3.05) is 26.3 Å². The number of aryl methyl sites for hydroxylation is 1. The van der Waals surface area contributed by atoms with Gasteiger partial charge in [0.2, 0.25) is 0 Å². The van der Waals surface area contributed by atoms with Gasteiger partial charge in [-0.25, -0.2) is 18.9 Å². The number of hydrogen-bond donors (Lipinski definition) is 0. The first-order chi connectivity index (χ1) is 28.2. The highest BCUT2D eigenvalue weighted by Gasteiger charge is 2.36. The van der Waals surface area contributed by atoms with Crippen LogP contribution in [-0.2, 0) is 49.1 Å². The first-order valence-corrected chi connectivity index (χ1v) is 28.3. The van der Waals surface area contributed by atoms with Gasteiger partial charge in [0.05, 0.1) is 42.0 Å². The molecule has 14 heteroatoms. The van der Waals surface area contributed by atoms with Crippen molar-refractivity contribution in [3.05, 3.63) is 89.0 Å². The molecule has 1 saturated heterocycles. The summed E-state index contributed by atoms with van der Waals surface area (Å²) >= 11 is 0. The fraction of sp³-hybridized carbons (Fsp3) is 0.467. The standard InChI is InChI=1S/C45H58FN7O4Si2/c1-8-34-23-42(57-29-32-12-10-9-11-13-32)38(46)24-37(34)35-14-15-36-40(22-35)53(31-56-19-21-59(5,6)7)49-43(36)44-48-39-27-51(45(54)50-17-16-33(25-47)26-50)28-41(39)52(44)30-55-18-20-58(2,3)4/h9-15,22-24,33H,8,16-21,26-31H2,1-7H3. The molecule has 7 rings (SSSR count). The molecule has 5 aromatic rings. The molecule has 0 aliphatic carbocycles. The Kier molecular flexibility index (Phi) is 12.8. The maximum Gasteiger partial charge on any atom is 0.320 e. The molecular formula is C45H58FN7O4Si2. The van der Waals surface area contributed by atoms with Crippen LogP contribution in [0.15, 0.2) is 60.7 Å². The predicted octanol–water partition coefficient (Wildman–Crippen LogP) is 9.75. The molecular weight excluding hydrogens is 778 g/mol. The van der Waals surface area contributed by atoms with Gasteiger partial charge in [0.15, 0.2) is 17.4 Å². The number of urea groups is 1. The molecule has 0 saturated carbocycles. The van der Waals surface area contributed by atoms with Gasteiger partial charge < -0.3 is 28.6 Å². The highest BCUT2D eigenvalue weighted by molar-refractivity contribution is 6.76. The Morgan fingerprint density at radius 2 is 1.66 bits per heavy atom. The van der Waals surface area contributed by atoms with E-state index in [0.29, 0.717) is 63.8 Å². The van der Waals surface area contributed by atoms with E-state index in [1.807, 2.05) is 58.1 Å². The van der Waals surface area contributed by atoms with E-state index in [9.17, 15) is 10.1 Å². The number of ether oxygens (including phenoxy) is 3. The van der Waals surface area contributed by atoms with Crippen LogP contribution >= 0.6 is 0 Å². The van der Waals surface area contributed by atoms with Crippen molar-refractivity contribution in [2.45, 2.75) is 104 Å². The fourth-order valence-corrected chi connectivity index (χ4v) is 9.14. The Morgan fingerprint density at radius 3 is 2.34 bits per heavy atom. The van der Waals surface area contributed by atoms with Crippen molar-refractivity contribution in [1.29, 1.82) is 5.26 Å². The molecule has 2 aliphatic rings. The summed E-state index contributed by atoms with van der Waals surface area (Å²) in [6.45, 7) is 19.9. The number of nitriles is 1. The van der Waals surface area contributed by atoms with Gasteiger partial charge in [-0.2, -0.15) is 10.4 Å². The minimum Gasteiger partial charge on any atom is -0.486 e. The van der Waals surface area contributed by atoms with Gasteiger partial charge in [0.25, 0.3) is 0 Å². The summed E-state index contributed by atoms with van der Waals surface area (Å²) in [7, 11) is -2.67. The van der Waals surface area contributed by atoms with E-state index in [1.54, 1.807) is 11.0 Å². The Morgan fingerprint density at radius 1 is 0.932 bits per heavy atom. The molecule has 0 N–H and O–H groups in total. The predicted molar refractivity (Wildman–Crippen MR) is 235 cm³/mol. The average Bonchev–Trinajstić information content (AvgIpc) is 4.00. The Balaban J connectivity index is 1.24. The molecule has 3 aromatic carbocycles. The van der Waals surface area contributed by atoms with Crippen LogP contribution in [0.3, 0.4) is 0 Å². The quantitative estimate of drug-likeness (QED) is 0.0719. The van der Waals surface area contributed by atoms with E-state index in [-0.39, 0.29) is 37.8 Å². The average molecular weight is 836 g/mol. The normalized spacial score (nSPS) is 15.6. The molecule has 11 nitrogen and oxygen atoms in total. The second kappa shape index (κ2) is 17.8. The second-order valence-corrected chi connectivity index (χ2v) is 29.5. The lowest BCUT2D eigenvalue weighted by Gasteiger charge is -2.24. The summed E-state index contributed by atoms with van der Waals surface area (Å²) in [5, 5.41) is 15.5. The second-order valence-electron chi connectivity index (χ2n) is 18.3. The lowest BCUT2D eigenvalue weighted by molar-refractivity contribution is 0.0814. The third kappa shape index (κ3) is 9.98. The number of rotatable bonds is 16. The number of imidazole rings is 1. The van der Waals surface area contributed by atoms with Crippen LogP contribution in [0, 0.1) is 23.1 Å². The Bertz CT molecular complexity index is 2330. The first kappa shape index (κ1) is 42.3. The first-order valence-electron chi connectivity index (χ1n) is 20.9. The number of fused-ring (bicyclic) bond motifs is 2. The zero-order valence-corrected chi connectivity index (χ0v) is 37.7.